The lowest BCUT2D eigenvalue weighted by molar-refractivity contribution is -0.137. The lowest BCUT2D eigenvalue weighted by Crippen LogP contribution is -2.17. The van der Waals surface area contributed by atoms with E-state index >= 15 is 0 Å². The number of amides is 1. The Kier molecular flexibility index (Phi) is 7.27. The summed E-state index contributed by atoms with van der Waals surface area (Å²) in [5, 5.41) is 18.5. The van der Waals surface area contributed by atoms with Crippen molar-refractivity contribution in [3.8, 4) is 0 Å². The second kappa shape index (κ2) is 10.5. The van der Waals surface area contributed by atoms with Gasteiger partial charge < -0.3 is 21.1 Å². The van der Waals surface area contributed by atoms with E-state index in [-0.39, 0.29) is 18.4 Å². The molecule has 1 amide bonds. The molecule has 6 nitrogen and oxygen atoms in total. The molecule has 180 valence electrons. The highest BCUT2D eigenvalue weighted by Crippen LogP contribution is 2.38. The van der Waals surface area contributed by atoms with Gasteiger partial charge in [-0.05, 0) is 66.9 Å². The lowest BCUT2D eigenvalue weighted by Gasteiger charge is -2.17. The third-order valence-corrected chi connectivity index (χ3v) is 6.04. The van der Waals surface area contributed by atoms with Gasteiger partial charge in [-0.25, -0.2) is 4.39 Å². The Morgan fingerprint density at radius 3 is 2.43 bits per heavy atom. The average Bonchev–Trinajstić information content (AvgIpc) is 3.16. The molecular formula is C28H28FN3O3. The summed E-state index contributed by atoms with van der Waals surface area (Å²) < 4.78 is 13.8. The predicted octanol–water partition coefficient (Wildman–Crippen LogP) is 5.45. The van der Waals surface area contributed by atoms with E-state index in [9.17, 15) is 14.0 Å². The first-order valence-corrected chi connectivity index (χ1v) is 11.6. The molecule has 0 spiro atoms. The zero-order chi connectivity index (χ0) is 24.9. The highest BCUT2D eigenvalue weighted by molar-refractivity contribution is 6.37. The van der Waals surface area contributed by atoms with E-state index in [1.807, 2.05) is 48.5 Å². The molecule has 1 aliphatic heterocycles. The average molecular weight is 474 g/mol. The first kappa shape index (κ1) is 24.2. The van der Waals surface area contributed by atoms with Crippen LogP contribution in [0.3, 0.4) is 0 Å². The molecular weight excluding hydrogens is 445 g/mol. The maximum Gasteiger partial charge on any atom is 0.303 e. The van der Waals surface area contributed by atoms with Crippen LogP contribution in [0.15, 0.2) is 66.7 Å². The van der Waals surface area contributed by atoms with Gasteiger partial charge in [-0.15, -0.1) is 0 Å². The van der Waals surface area contributed by atoms with Crippen LogP contribution in [0, 0.1) is 5.82 Å². The second-order valence-electron chi connectivity index (χ2n) is 8.51. The number of carbonyl (C=O) groups is 2. The number of hydrogen-bond acceptors (Lipinski definition) is 4. The van der Waals surface area contributed by atoms with E-state index in [4.69, 9.17) is 5.11 Å². The van der Waals surface area contributed by atoms with Crippen LogP contribution in [-0.4, -0.2) is 23.5 Å². The van der Waals surface area contributed by atoms with E-state index in [2.05, 4.69) is 29.8 Å². The monoisotopic (exact) mass is 473 g/mol. The van der Waals surface area contributed by atoms with Crippen molar-refractivity contribution in [3.05, 3.63) is 94.8 Å². The summed E-state index contributed by atoms with van der Waals surface area (Å²) in [6.45, 7) is 5.04. The summed E-state index contributed by atoms with van der Waals surface area (Å²) in [6, 6.07) is 19.9. The van der Waals surface area contributed by atoms with E-state index < -0.39 is 11.8 Å². The molecule has 0 bridgehead atoms. The minimum absolute atomic E-state index is 0.0462. The van der Waals surface area contributed by atoms with Crippen LogP contribution in [0.5, 0.6) is 0 Å². The standard InChI is InChI=1S/C28H28FN3O3/c1-3-30-17(2)19-9-12-22(13-10-19)31-27(20-7-4-18(5-8-20)6-15-25(33)34)26-23-14-11-21(29)16-24(23)32-28(26)35/h4-5,7-14,16-17,30-31H,3,6,15H2,1-2H3,(H,32,35)(H,33,34). The predicted molar refractivity (Wildman–Crippen MR) is 136 cm³/mol. The first-order chi connectivity index (χ1) is 16.9. The molecule has 1 unspecified atom stereocenters. The van der Waals surface area contributed by atoms with Crippen molar-refractivity contribution in [1.82, 2.24) is 5.32 Å². The minimum Gasteiger partial charge on any atom is -0.481 e. The molecule has 0 saturated heterocycles. The molecule has 7 heteroatoms. The molecule has 1 heterocycles. The van der Waals surface area contributed by atoms with Gasteiger partial charge in [-0.1, -0.05) is 43.3 Å². The number of anilines is 2. The summed E-state index contributed by atoms with van der Waals surface area (Å²) >= 11 is 0. The molecule has 1 aliphatic rings. The van der Waals surface area contributed by atoms with Gasteiger partial charge in [-0.2, -0.15) is 0 Å². The molecule has 4 N–H and O–H groups in total. The van der Waals surface area contributed by atoms with Gasteiger partial charge >= 0.3 is 5.97 Å². The van der Waals surface area contributed by atoms with Crippen LogP contribution < -0.4 is 16.0 Å². The van der Waals surface area contributed by atoms with Crippen LogP contribution in [0.4, 0.5) is 15.8 Å². The van der Waals surface area contributed by atoms with E-state index in [0.717, 1.165) is 28.9 Å². The molecule has 0 saturated carbocycles. The Labute approximate surface area is 203 Å². The molecule has 0 radical (unpaired) electrons. The van der Waals surface area contributed by atoms with Gasteiger partial charge in [0.05, 0.1) is 17.0 Å². The molecule has 1 atom stereocenters. The number of carboxylic acid groups (broad SMARTS) is 1. The number of hydrogen-bond donors (Lipinski definition) is 4. The third kappa shape index (κ3) is 5.58. The molecule has 3 aromatic rings. The molecule has 4 rings (SSSR count). The minimum atomic E-state index is -0.850. The summed E-state index contributed by atoms with van der Waals surface area (Å²) in [7, 11) is 0. The normalized spacial score (nSPS) is 14.8. The highest BCUT2D eigenvalue weighted by atomic mass is 19.1. The van der Waals surface area contributed by atoms with E-state index in [0.29, 0.717) is 28.9 Å². The fraction of sp³-hybridized carbons (Fsp3) is 0.214. The second-order valence-corrected chi connectivity index (χ2v) is 8.51. The smallest absolute Gasteiger partial charge is 0.303 e. The van der Waals surface area contributed by atoms with Crippen LogP contribution in [0.25, 0.3) is 11.3 Å². The summed E-state index contributed by atoms with van der Waals surface area (Å²) in [5.41, 5.74) is 5.65. The van der Waals surface area contributed by atoms with E-state index in [1.54, 1.807) is 6.07 Å². The van der Waals surface area contributed by atoms with Crippen LogP contribution in [0.2, 0.25) is 0 Å². The fourth-order valence-corrected chi connectivity index (χ4v) is 4.19. The topological polar surface area (TPSA) is 90.5 Å². The zero-order valence-electron chi connectivity index (χ0n) is 19.7. The highest BCUT2D eigenvalue weighted by Gasteiger charge is 2.29. The van der Waals surface area contributed by atoms with Crippen LogP contribution >= 0.6 is 0 Å². The van der Waals surface area contributed by atoms with Crippen LogP contribution in [-0.2, 0) is 16.0 Å². The van der Waals surface area contributed by atoms with Crippen molar-refractivity contribution in [1.29, 1.82) is 0 Å². The molecule has 0 aromatic heterocycles. The number of nitrogens with one attached hydrogen (secondary N) is 3. The van der Waals surface area contributed by atoms with Crippen molar-refractivity contribution in [3.63, 3.8) is 0 Å². The summed E-state index contributed by atoms with van der Waals surface area (Å²) in [4.78, 5) is 23.9. The summed E-state index contributed by atoms with van der Waals surface area (Å²) in [5.74, 6) is -1.59. The number of carbonyl (C=O) groups excluding carboxylic acids is 1. The Hall–Kier alpha value is -3.97. The van der Waals surface area contributed by atoms with Gasteiger partial charge in [-0.3, -0.25) is 9.59 Å². The quantitative estimate of drug-likeness (QED) is 0.311. The van der Waals surface area contributed by atoms with Crippen molar-refractivity contribution in [2.45, 2.75) is 32.7 Å². The fourth-order valence-electron chi connectivity index (χ4n) is 4.19. The molecule has 0 fully saturated rings. The maximum absolute atomic E-state index is 13.8. The Morgan fingerprint density at radius 1 is 1.06 bits per heavy atom. The largest absolute Gasteiger partial charge is 0.481 e. The summed E-state index contributed by atoms with van der Waals surface area (Å²) in [6.07, 6.45) is 0.466. The molecule has 0 aliphatic carbocycles. The van der Waals surface area contributed by atoms with Crippen molar-refractivity contribution in [2.75, 3.05) is 17.2 Å². The lowest BCUT2D eigenvalue weighted by atomic mass is 9.98. The Balaban J connectivity index is 1.73. The number of rotatable bonds is 9. The van der Waals surface area contributed by atoms with Crippen LogP contribution in [0.1, 0.15) is 48.6 Å². The Morgan fingerprint density at radius 2 is 1.77 bits per heavy atom. The molecule has 35 heavy (non-hydrogen) atoms. The van der Waals surface area contributed by atoms with Gasteiger partial charge in [0.2, 0.25) is 0 Å². The number of halogens is 1. The Bertz CT molecular complexity index is 1270. The van der Waals surface area contributed by atoms with Gasteiger partial charge in [0, 0.05) is 23.7 Å². The number of benzene rings is 3. The number of aryl methyl sites for hydroxylation is 1. The van der Waals surface area contributed by atoms with Crippen molar-refractivity contribution in [2.24, 2.45) is 0 Å². The number of fused-ring (bicyclic) bond motifs is 1. The number of carboxylic acids is 1. The number of aliphatic carboxylic acids is 1. The van der Waals surface area contributed by atoms with Gasteiger partial charge in [0.15, 0.2) is 0 Å². The zero-order valence-corrected chi connectivity index (χ0v) is 19.7. The first-order valence-electron chi connectivity index (χ1n) is 11.6. The van der Waals surface area contributed by atoms with Crippen molar-refractivity contribution >= 4 is 34.5 Å². The van der Waals surface area contributed by atoms with Gasteiger partial charge in [0.25, 0.3) is 5.91 Å². The third-order valence-electron chi connectivity index (χ3n) is 6.04. The SMILES string of the molecule is CCNC(C)c1ccc(NC(=C2C(=O)Nc3cc(F)ccc32)c2ccc(CCC(=O)O)cc2)cc1. The van der Waals surface area contributed by atoms with Gasteiger partial charge in [0.1, 0.15) is 5.82 Å². The molecule has 3 aromatic carbocycles. The van der Waals surface area contributed by atoms with Crippen molar-refractivity contribution < 1.29 is 19.1 Å². The van der Waals surface area contributed by atoms with E-state index in [1.165, 1.54) is 12.1 Å². The maximum atomic E-state index is 13.8.